The van der Waals surface area contributed by atoms with Gasteiger partial charge in [-0.25, -0.2) is 4.68 Å². The number of hydrogen-bond donors (Lipinski definition) is 1. The number of para-hydroxylation sites is 1. The van der Waals surface area contributed by atoms with Crippen molar-refractivity contribution in [2.45, 2.75) is 18.2 Å². The summed E-state index contributed by atoms with van der Waals surface area (Å²) in [5.41, 5.74) is 3.69. The van der Waals surface area contributed by atoms with Crippen LogP contribution in [-0.2, 0) is 4.79 Å². The topological polar surface area (TPSA) is 46.9 Å². The van der Waals surface area contributed by atoms with E-state index >= 15 is 0 Å². The number of aromatic nitrogens is 2. The molecule has 29 heavy (non-hydrogen) atoms. The standard InChI is InChI=1S/C22H19N3OS3/c1-2-12-28-18-10-8-15(9-11-18)20-16(13-19-21(26)23-22(27)29-19)14-25(24-20)17-6-4-3-5-7-17/h3-11,13-14H,2,12H2,1H3,(H,23,26,27)/b19-13-. The van der Waals surface area contributed by atoms with Crippen molar-refractivity contribution >= 4 is 52.0 Å². The Morgan fingerprint density at radius 3 is 2.59 bits per heavy atom. The fourth-order valence-corrected chi connectivity index (χ4v) is 4.72. The van der Waals surface area contributed by atoms with Crippen molar-refractivity contribution in [1.82, 2.24) is 15.1 Å². The van der Waals surface area contributed by atoms with Crippen molar-refractivity contribution in [3.05, 3.63) is 71.3 Å². The Labute approximate surface area is 183 Å². The first-order valence-electron chi connectivity index (χ1n) is 9.27. The maximum Gasteiger partial charge on any atom is 0.263 e. The normalized spacial score (nSPS) is 15.1. The molecule has 7 heteroatoms. The molecule has 0 aliphatic carbocycles. The zero-order valence-corrected chi connectivity index (χ0v) is 18.2. The van der Waals surface area contributed by atoms with Gasteiger partial charge in [-0.3, -0.25) is 4.79 Å². The van der Waals surface area contributed by atoms with E-state index in [9.17, 15) is 4.79 Å². The minimum atomic E-state index is -0.162. The van der Waals surface area contributed by atoms with Crippen LogP contribution in [0.1, 0.15) is 18.9 Å². The van der Waals surface area contributed by atoms with E-state index in [1.54, 1.807) is 0 Å². The Morgan fingerprint density at radius 1 is 1.17 bits per heavy atom. The molecule has 1 saturated heterocycles. The highest BCUT2D eigenvalue weighted by atomic mass is 32.2. The van der Waals surface area contributed by atoms with Crippen LogP contribution in [0.4, 0.5) is 0 Å². The summed E-state index contributed by atoms with van der Waals surface area (Å²) in [6.45, 7) is 2.18. The molecule has 3 aromatic rings. The lowest BCUT2D eigenvalue weighted by Crippen LogP contribution is -2.17. The second kappa shape index (κ2) is 8.98. The van der Waals surface area contributed by atoms with Gasteiger partial charge in [0.2, 0.25) is 0 Å². The maximum atomic E-state index is 12.1. The molecular formula is C22H19N3OS3. The molecule has 2 heterocycles. The van der Waals surface area contributed by atoms with E-state index in [1.807, 2.05) is 59.0 Å². The zero-order chi connectivity index (χ0) is 20.2. The predicted molar refractivity (Wildman–Crippen MR) is 126 cm³/mol. The first kappa shape index (κ1) is 19.9. The van der Waals surface area contributed by atoms with Crippen molar-refractivity contribution < 1.29 is 4.79 Å². The summed E-state index contributed by atoms with van der Waals surface area (Å²) >= 11 is 8.24. The third kappa shape index (κ3) is 4.63. The molecule has 0 radical (unpaired) electrons. The average molecular weight is 438 g/mol. The summed E-state index contributed by atoms with van der Waals surface area (Å²) in [5, 5.41) is 7.49. The number of hydrogen-bond acceptors (Lipinski definition) is 5. The van der Waals surface area contributed by atoms with Crippen LogP contribution in [0.15, 0.2) is 70.6 Å². The van der Waals surface area contributed by atoms with Crippen LogP contribution >= 0.6 is 35.7 Å². The second-order valence-corrected chi connectivity index (χ2v) is 9.33. The number of carbonyl (C=O) groups excluding carboxylic acids is 1. The van der Waals surface area contributed by atoms with Gasteiger partial charge < -0.3 is 5.32 Å². The van der Waals surface area contributed by atoms with Crippen LogP contribution < -0.4 is 5.32 Å². The third-order valence-corrected chi connectivity index (χ3v) is 6.67. The number of nitrogens with zero attached hydrogens (tertiary/aromatic N) is 2. The third-order valence-electron chi connectivity index (χ3n) is 4.29. The molecule has 0 saturated carbocycles. The Kier molecular flexibility index (Phi) is 6.18. The quantitative estimate of drug-likeness (QED) is 0.312. The largest absolute Gasteiger partial charge is 0.307 e. The van der Waals surface area contributed by atoms with Gasteiger partial charge in [0.05, 0.1) is 16.3 Å². The monoisotopic (exact) mass is 437 g/mol. The van der Waals surface area contributed by atoms with Crippen LogP contribution in [-0.4, -0.2) is 25.8 Å². The highest BCUT2D eigenvalue weighted by Gasteiger charge is 2.23. The van der Waals surface area contributed by atoms with Crippen LogP contribution in [0.5, 0.6) is 0 Å². The van der Waals surface area contributed by atoms with E-state index < -0.39 is 0 Å². The highest BCUT2D eigenvalue weighted by molar-refractivity contribution is 8.26. The number of thiocarbonyl (C=S) groups is 1. The molecule has 1 aliphatic heterocycles. The number of benzene rings is 2. The molecule has 1 fully saturated rings. The van der Waals surface area contributed by atoms with E-state index in [-0.39, 0.29) is 5.91 Å². The molecule has 1 amide bonds. The molecule has 0 unspecified atom stereocenters. The smallest absolute Gasteiger partial charge is 0.263 e. The van der Waals surface area contributed by atoms with Crippen molar-refractivity contribution in [3.63, 3.8) is 0 Å². The van der Waals surface area contributed by atoms with Crippen LogP contribution in [0.25, 0.3) is 23.0 Å². The Hall–Kier alpha value is -2.35. The lowest BCUT2D eigenvalue weighted by Gasteiger charge is -2.03. The summed E-state index contributed by atoms with van der Waals surface area (Å²) < 4.78 is 2.33. The van der Waals surface area contributed by atoms with Gasteiger partial charge in [0.25, 0.3) is 5.91 Å². The van der Waals surface area contributed by atoms with Crippen LogP contribution in [0.2, 0.25) is 0 Å². The first-order chi connectivity index (χ1) is 14.1. The molecule has 0 bridgehead atoms. The van der Waals surface area contributed by atoms with Gasteiger partial charge in [-0.1, -0.05) is 61.2 Å². The molecule has 4 rings (SSSR count). The second-order valence-electron chi connectivity index (χ2n) is 6.44. The molecule has 0 atom stereocenters. The maximum absolute atomic E-state index is 12.1. The molecule has 146 valence electrons. The van der Waals surface area contributed by atoms with E-state index in [2.05, 4.69) is 36.5 Å². The predicted octanol–water partition coefficient (Wildman–Crippen LogP) is 5.53. The minimum absolute atomic E-state index is 0.162. The lowest BCUT2D eigenvalue weighted by atomic mass is 10.1. The van der Waals surface area contributed by atoms with Gasteiger partial charge in [-0.05, 0) is 42.5 Å². The summed E-state index contributed by atoms with van der Waals surface area (Å²) in [5.74, 6) is 0.940. The highest BCUT2D eigenvalue weighted by Crippen LogP contribution is 2.31. The summed E-state index contributed by atoms with van der Waals surface area (Å²) in [7, 11) is 0. The number of rotatable bonds is 6. The van der Waals surface area contributed by atoms with E-state index in [4.69, 9.17) is 17.3 Å². The average Bonchev–Trinajstić information content (AvgIpc) is 3.30. The summed E-state index contributed by atoms with van der Waals surface area (Å²) in [4.78, 5) is 14.0. The number of thioether (sulfide) groups is 2. The fourth-order valence-electron chi connectivity index (χ4n) is 2.92. The fraction of sp³-hybridized carbons (Fsp3) is 0.136. The molecule has 1 aromatic heterocycles. The molecule has 1 N–H and O–H groups in total. The Morgan fingerprint density at radius 2 is 1.93 bits per heavy atom. The van der Waals surface area contributed by atoms with Gasteiger partial charge in [-0.15, -0.1) is 11.8 Å². The minimum Gasteiger partial charge on any atom is -0.307 e. The zero-order valence-electron chi connectivity index (χ0n) is 15.8. The molecule has 1 aliphatic rings. The molecule has 2 aromatic carbocycles. The molecule has 0 spiro atoms. The van der Waals surface area contributed by atoms with Gasteiger partial charge >= 0.3 is 0 Å². The first-order valence-corrected chi connectivity index (χ1v) is 11.5. The number of nitrogens with one attached hydrogen (secondary N) is 1. The van der Waals surface area contributed by atoms with E-state index in [1.165, 1.54) is 16.7 Å². The van der Waals surface area contributed by atoms with Crippen LogP contribution in [0, 0.1) is 0 Å². The van der Waals surface area contributed by atoms with Gasteiger partial charge in [0, 0.05) is 22.2 Å². The SMILES string of the molecule is CCCSc1ccc(-c2nn(-c3ccccc3)cc2/C=C2\SC(=S)NC2=O)cc1. The van der Waals surface area contributed by atoms with Crippen LogP contribution in [0.3, 0.4) is 0 Å². The van der Waals surface area contributed by atoms with Crippen molar-refractivity contribution in [2.75, 3.05) is 5.75 Å². The number of amides is 1. The van der Waals surface area contributed by atoms with Crippen molar-refractivity contribution in [1.29, 1.82) is 0 Å². The summed E-state index contributed by atoms with van der Waals surface area (Å²) in [6.07, 6.45) is 4.96. The Balaban J connectivity index is 1.75. The van der Waals surface area contributed by atoms with E-state index in [0.717, 1.165) is 34.7 Å². The van der Waals surface area contributed by atoms with Crippen molar-refractivity contribution in [3.8, 4) is 16.9 Å². The van der Waals surface area contributed by atoms with Crippen molar-refractivity contribution in [2.24, 2.45) is 0 Å². The van der Waals surface area contributed by atoms with E-state index in [0.29, 0.717) is 9.23 Å². The van der Waals surface area contributed by atoms with Gasteiger partial charge in [0.15, 0.2) is 0 Å². The van der Waals surface area contributed by atoms with Gasteiger partial charge in [-0.2, -0.15) is 5.10 Å². The van der Waals surface area contributed by atoms with Gasteiger partial charge in [0.1, 0.15) is 4.32 Å². The Bertz CT molecular complexity index is 1070. The summed E-state index contributed by atoms with van der Waals surface area (Å²) in [6, 6.07) is 18.4. The molecule has 4 nitrogen and oxygen atoms in total. The molecular weight excluding hydrogens is 418 g/mol. The lowest BCUT2D eigenvalue weighted by molar-refractivity contribution is -0.115. The number of carbonyl (C=O) groups is 1.